The van der Waals surface area contributed by atoms with Gasteiger partial charge in [0.15, 0.2) is 0 Å². The lowest BCUT2D eigenvalue weighted by atomic mass is 10.00. The second kappa shape index (κ2) is 10.4. The van der Waals surface area contributed by atoms with Crippen molar-refractivity contribution in [3.63, 3.8) is 0 Å². The Balaban J connectivity index is 1.22. The first-order valence-corrected chi connectivity index (χ1v) is 12.3. The highest BCUT2D eigenvalue weighted by Gasteiger charge is 2.35. The molecule has 5 nitrogen and oxygen atoms in total. The molecular formula is C29H30FN3O2. The second-order valence-corrected chi connectivity index (χ2v) is 9.47. The summed E-state index contributed by atoms with van der Waals surface area (Å²) in [5, 5.41) is 3.20. The Morgan fingerprint density at radius 1 is 0.943 bits per heavy atom. The number of hydrogen-bond acceptors (Lipinski definition) is 3. The maximum atomic E-state index is 13.6. The van der Waals surface area contributed by atoms with Crippen LogP contribution in [0.2, 0.25) is 0 Å². The Hall–Kier alpha value is -3.51. The van der Waals surface area contributed by atoms with E-state index in [2.05, 4.69) is 34.5 Å². The van der Waals surface area contributed by atoms with E-state index in [0.29, 0.717) is 12.1 Å². The number of likely N-dealkylation sites (tertiary alicyclic amines) is 1. The summed E-state index contributed by atoms with van der Waals surface area (Å²) in [4.78, 5) is 30.4. The quantitative estimate of drug-likeness (QED) is 0.544. The number of rotatable bonds is 7. The third-order valence-electron chi connectivity index (χ3n) is 7.06. The molecule has 1 saturated heterocycles. The number of nitrogens with zero attached hydrogens (tertiary/aromatic N) is 2. The Kier molecular flexibility index (Phi) is 6.91. The molecule has 0 spiro atoms. The minimum Gasteiger partial charge on any atom is -0.353 e. The van der Waals surface area contributed by atoms with Gasteiger partial charge >= 0.3 is 0 Å². The van der Waals surface area contributed by atoms with Crippen LogP contribution >= 0.6 is 0 Å². The second-order valence-electron chi connectivity index (χ2n) is 9.47. The van der Waals surface area contributed by atoms with Crippen molar-refractivity contribution in [3.8, 4) is 0 Å². The van der Waals surface area contributed by atoms with E-state index in [-0.39, 0.29) is 30.1 Å². The summed E-state index contributed by atoms with van der Waals surface area (Å²) in [6.45, 7) is 3.23. The van der Waals surface area contributed by atoms with Crippen molar-refractivity contribution in [2.24, 2.45) is 0 Å². The zero-order valence-corrected chi connectivity index (χ0v) is 19.7. The fourth-order valence-electron chi connectivity index (χ4n) is 5.16. The summed E-state index contributed by atoms with van der Waals surface area (Å²) < 4.78 is 13.6. The van der Waals surface area contributed by atoms with Gasteiger partial charge in [0.2, 0.25) is 5.91 Å². The van der Waals surface area contributed by atoms with Gasteiger partial charge in [-0.2, -0.15) is 0 Å². The van der Waals surface area contributed by atoms with Crippen molar-refractivity contribution in [3.05, 3.63) is 107 Å². The van der Waals surface area contributed by atoms with Crippen molar-refractivity contribution in [1.29, 1.82) is 0 Å². The van der Waals surface area contributed by atoms with Gasteiger partial charge in [0.25, 0.3) is 5.91 Å². The van der Waals surface area contributed by atoms with Gasteiger partial charge in [-0.15, -0.1) is 0 Å². The topological polar surface area (TPSA) is 52.7 Å². The molecule has 6 heteroatoms. The Bertz CT molecular complexity index is 1170. The molecule has 3 aromatic carbocycles. The van der Waals surface area contributed by atoms with Crippen LogP contribution < -0.4 is 5.32 Å². The van der Waals surface area contributed by atoms with Gasteiger partial charge in [-0.3, -0.25) is 14.5 Å². The van der Waals surface area contributed by atoms with Crippen molar-refractivity contribution < 1.29 is 14.0 Å². The molecule has 180 valence electrons. The molecule has 1 fully saturated rings. The average Bonchev–Trinajstić information content (AvgIpc) is 3.21. The third-order valence-corrected chi connectivity index (χ3v) is 7.06. The first-order chi connectivity index (χ1) is 17.1. The molecule has 0 aliphatic carbocycles. The van der Waals surface area contributed by atoms with E-state index in [1.165, 1.54) is 17.7 Å². The minimum atomic E-state index is -0.450. The molecule has 2 aliphatic rings. The molecule has 0 saturated carbocycles. The highest BCUT2D eigenvalue weighted by atomic mass is 19.1. The van der Waals surface area contributed by atoms with Crippen LogP contribution in [0.1, 0.15) is 52.4 Å². The van der Waals surface area contributed by atoms with Crippen LogP contribution in [0, 0.1) is 5.82 Å². The molecule has 5 rings (SSSR count). The lowest BCUT2D eigenvalue weighted by Gasteiger charge is -2.33. The van der Waals surface area contributed by atoms with E-state index in [1.807, 2.05) is 30.3 Å². The number of carbonyl (C=O) groups is 2. The predicted octanol–water partition coefficient (Wildman–Crippen LogP) is 4.69. The zero-order valence-electron chi connectivity index (χ0n) is 19.7. The van der Waals surface area contributed by atoms with Crippen molar-refractivity contribution >= 4 is 11.8 Å². The summed E-state index contributed by atoms with van der Waals surface area (Å²) in [5.74, 6) is -0.503. The van der Waals surface area contributed by atoms with Crippen LogP contribution in [-0.4, -0.2) is 40.7 Å². The lowest BCUT2D eigenvalue weighted by molar-refractivity contribution is -0.123. The number of carbonyl (C=O) groups excluding carboxylic acids is 2. The van der Waals surface area contributed by atoms with E-state index in [0.717, 1.165) is 43.6 Å². The number of nitrogens with one attached hydrogen (secondary N) is 1. The van der Waals surface area contributed by atoms with Crippen LogP contribution in [0.5, 0.6) is 0 Å². The van der Waals surface area contributed by atoms with Crippen molar-refractivity contribution in [2.75, 3.05) is 13.1 Å². The van der Waals surface area contributed by atoms with E-state index in [9.17, 15) is 14.0 Å². The van der Waals surface area contributed by atoms with Crippen LogP contribution in [0.3, 0.4) is 0 Å². The van der Waals surface area contributed by atoms with E-state index in [4.69, 9.17) is 0 Å². The molecule has 2 amide bonds. The van der Waals surface area contributed by atoms with Crippen LogP contribution in [0.4, 0.5) is 4.39 Å². The molecular weight excluding hydrogens is 441 g/mol. The van der Waals surface area contributed by atoms with Gasteiger partial charge in [0.1, 0.15) is 5.82 Å². The number of halogens is 1. The summed E-state index contributed by atoms with van der Waals surface area (Å²) in [6.07, 6.45) is 1.94. The molecule has 3 aromatic rings. The van der Waals surface area contributed by atoms with Gasteiger partial charge in [0.05, 0.1) is 12.5 Å². The summed E-state index contributed by atoms with van der Waals surface area (Å²) in [5.41, 5.74) is 3.69. The van der Waals surface area contributed by atoms with Gasteiger partial charge in [-0.05, 0) is 47.7 Å². The number of piperidine rings is 1. The molecule has 2 aliphatic heterocycles. The first-order valence-electron chi connectivity index (χ1n) is 12.3. The lowest BCUT2D eigenvalue weighted by Crippen LogP contribution is -2.45. The Morgan fingerprint density at radius 3 is 2.34 bits per heavy atom. The van der Waals surface area contributed by atoms with Crippen molar-refractivity contribution in [2.45, 2.75) is 44.4 Å². The molecule has 0 bridgehead atoms. The number of fused-ring (bicyclic) bond motifs is 1. The van der Waals surface area contributed by atoms with E-state index < -0.39 is 6.04 Å². The highest BCUT2D eigenvalue weighted by molar-refractivity contribution is 5.98. The molecule has 0 aromatic heterocycles. The molecule has 0 unspecified atom stereocenters. The van der Waals surface area contributed by atoms with Crippen LogP contribution in [0.25, 0.3) is 0 Å². The van der Waals surface area contributed by atoms with Crippen molar-refractivity contribution in [1.82, 2.24) is 15.1 Å². The zero-order chi connectivity index (χ0) is 24.2. The third kappa shape index (κ3) is 5.43. The van der Waals surface area contributed by atoms with Gasteiger partial charge in [-0.1, -0.05) is 60.7 Å². The predicted molar refractivity (Wildman–Crippen MR) is 133 cm³/mol. The maximum Gasteiger partial charge on any atom is 0.255 e. The molecule has 1 N–H and O–H groups in total. The van der Waals surface area contributed by atoms with Gasteiger partial charge in [0, 0.05) is 37.8 Å². The van der Waals surface area contributed by atoms with Gasteiger partial charge in [-0.25, -0.2) is 4.39 Å². The summed E-state index contributed by atoms with van der Waals surface area (Å²) in [6, 6.07) is 23.7. The average molecular weight is 472 g/mol. The Morgan fingerprint density at radius 2 is 1.63 bits per heavy atom. The fourth-order valence-corrected chi connectivity index (χ4v) is 5.16. The molecule has 0 radical (unpaired) electrons. The largest absolute Gasteiger partial charge is 0.353 e. The van der Waals surface area contributed by atoms with E-state index in [1.54, 1.807) is 17.0 Å². The highest BCUT2D eigenvalue weighted by Crippen LogP contribution is 2.33. The first kappa shape index (κ1) is 23.2. The number of amides is 2. The number of hydrogen-bond donors (Lipinski definition) is 1. The monoisotopic (exact) mass is 471 g/mol. The molecule has 1 atom stereocenters. The minimum absolute atomic E-state index is 0.0791. The summed E-state index contributed by atoms with van der Waals surface area (Å²) >= 11 is 0. The normalized spacial score (nSPS) is 17.3. The maximum absolute atomic E-state index is 13.6. The van der Waals surface area contributed by atoms with Crippen LogP contribution in [-0.2, 0) is 17.9 Å². The number of benzene rings is 3. The standard InChI is InChI=1S/C29H30FN3O2/c30-24-12-10-22(11-13-24)27(33-20-23-8-4-5-9-26(23)29(33)35)18-28(34)31-25-14-16-32(17-15-25)19-21-6-2-1-3-7-21/h1-13,25,27H,14-20H2,(H,31,34)/t27-/m1/s1. The SMILES string of the molecule is O=C(C[C@H](c1ccc(F)cc1)N1Cc2ccccc2C1=O)NC1CCN(Cc2ccccc2)CC1. The Labute approximate surface area is 205 Å². The summed E-state index contributed by atoms with van der Waals surface area (Å²) in [7, 11) is 0. The van der Waals surface area contributed by atoms with Gasteiger partial charge < -0.3 is 10.2 Å². The molecule has 2 heterocycles. The smallest absolute Gasteiger partial charge is 0.255 e. The van der Waals surface area contributed by atoms with Crippen LogP contribution in [0.15, 0.2) is 78.9 Å². The fraction of sp³-hybridized carbons (Fsp3) is 0.310. The van der Waals surface area contributed by atoms with E-state index >= 15 is 0 Å². The molecule has 35 heavy (non-hydrogen) atoms.